The van der Waals surface area contributed by atoms with Gasteiger partial charge in [0.1, 0.15) is 12.4 Å². The largest absolute Gasteiger partial charge is 0.458 e. The van der Waals surface area contributed by atoms with Crippen molar-refractivity contribution >= 4 is 17.2 Å². The monoisotopic (exact) mass is 437 g/mol. The first kappa shape index (κ1) is 19.7. The first-order valence-electron chi connectivity index (χ1n) is 11.0. The van der Waals surface area contributed by atoms with Crippen molar-refractivity contribution in [3.05, 3.63) is 67.4 Å². The number of aliphatic hydroxyl groups is 1. The number of cyclic esters (lactones) is 1. The summed E-state index contributed by atoms with van der Waals surface area (Å²) in [6.45, 7) is 3.67. The van der Waals surface area contributed by atoms with E-state index in [1.165, 1.54) is 6.07 Å². The molecule has 4 heterocycles. The molecule has 6 rings (SSSR count). The van der Waals surface area contributed by atoms with Gasteiger partial charge in [0.15, 0.2) is 5.60 Å². The zero-order chi connectivity index (χ0) is 22.5. The number of rotatable bonds is 1. The number of fused-ring (bicyclic) bond motifs is 4. The van der Waals surface area contributed by atoms with Gasteiger partial charge >= 0.3 is 5.97 Å². The fourth-order valence-corrected chi connectivity index (χ4v) is 5.88. The Morgan fingerprint density at radius 2 is 2.12 bits per heavy atom. The van der Waals surface area contributed by atoms with Gasteiger partial charge in [-0.15, -0.1) is 0 Å². The molecule has 0 bridgehead atoms. The van der Waals surface area contributed by atoms with Gasteiger partial charge in [0.05, 0.1) is 11.6 Å². The normalized spacial score (nSPS) is 27.2. The number of carbonyl (C=O) groups excluding carboxylic acids is 1. The van der Waals surface area contributed by atoms with Gasteiger partial charge in [0, 0.05) is 35.1 Å². The SMILES string of the molecule is CC[C@@]1(O)C(=O)OCc2c1cc1n(c2=O)CC2=C3c4c(cc(F)c(C)c4CCC3N)NC21. The number of aromatic nitrogens is 1. The van der Waals surface area contributed by atoms with Gasteiger partial charge in [-0.25, -0.2) is 9.18 Å². The minimum absolute atomic E-state index is 0.0926. The molecule has 0 amide bonds. The lowest BCUT2D eigenvalue weighted by Crippen LogP contribution is -2.44. The lowest BCUT2D eigenvalue weighted by molar-refractivity contribution is -0.172. The lowest BCUT2D eigenvalue weighted by Gasteiger charge is -2.36. The average molecular weight is 437 g/mol. The summed E-state index contributed by atoms with van der Waals surface area (Å²) in [6.07, 6.45) is 1.51. The molecular weight excluding hydrogens is 413 g/mol. The van der Waals surface area contributed by atoms with Crippen molar-refractivity contribution < 1.29 is 19.0 Å². The molecule has 7 nitrogen and oxygen atoms in total. The molecule has 2 unspecified atom stereocenters. The summed E-state index contributed by atoms with van der Waals surface area (Å²) in [4.78, 5) is 25.8. The Balaban J connectivity index is 1.61. The molecule has 4 aliphatic rings. The second kappa shape index (κ2) is 6.30. The summed E-state index contributed by atoms with van der Waals surface area (Å²) in [5.74, 6) is -1.01. The third-order valence-electron chi connectivity index (χ3n) is 7.69. The maximum atomic E-state index is 14.7. The van der Waals surface area contributed by atoms with E-state index >= 15 is 0 Å². The van der Waals surface area contributed by atoms with Crippen LogP contribution < -0.4 is 16.6 Å². The van der Waals surface area contributed by atoms with Gasteiger partial charge in [0.2, 0.25) is 0 Å². The van der Waals surface area contributed by atoms with Crippen LogP contribution in [-0.2, 0) is 34.7 Å². The van der Waals surface area contributed by atoms with Crippen LogP contribution in [0.25, 0.3) is 5.57 Å². The number of pyridine rings is 1. The molecule has 32 heavy (non-hydrogen) atoms. The molecule has 2 aromatic rings. The van der Waals surface area contributed by atoms with Crippen molar-refractivity contribution in [3.8, 4) is 0 Å². The zero-order valence-corrected chi connectivity index (χ0v) is 17.9. The number of benzene rings is 1. The molecule has 1 aromatic carbocycles. The second-order valence-corrected chi connectivity index (χ2v) is 9.19. The molecule has 3 aliphatic heterocycles. The van der Waals surface area contributed by atoms with E-state index < -0.39 is 11.6 Å². The van der Waals surface area contributed by atoms with Crippen LogP contribution in [0.15, 0.2) is 22.5 Å². The Morgan fingerprint density at radius 3 is 2.88 bits per heavy atom. The van der Waals surface area contributed by atoms with E-state index in [9.17, 15) is 19.1 Å². The van der Waals surface area contributed by atoms with Crippen LogP contribution in [0.1, 0.15) is 59.3 Å². The Kier molecular flexibility index (Phi) is 3.88. The van der Waals surface area contributed by atoms with Crippen LogP contribution in [0.4, 0.5) is 10.1 Å². The minimum Gasteiger partial charge on any atom is -0.458 e. The van der Waals surface area contributed by atoms with Crippen LogP contribution in [0.2, 0.25) is 0 Å². The highest BCUT2D eigenvalue weighted by Gasteiger charge is 2.47. The van der Waals surface area contributed by atoms with Crippen molar-refractivity contribution in [1.29, 1.82) is 0 Å². The van der Waals surface area contributed by atoms with E-state index in [1.54, 1.807) is 24.5 Å². The number of hydrogen-bond acceptors (Lipinski definition) is 6. The van der Waals surface area contributed by atoms with Gasteiger partial charge in [0.25, 0.3) is 5.56 Å². The summed E-state index contributed by atoms with van der Waals surface area (Å²) in [5, 5.41) is 14.5. The number of anilines is 1. The quantitative estimate of drug-likeness (QED) is 0.591. The second-order valence-electron chi connectivity index (χ2n) is 9.19. The zero-order valence-electron chi connectivity index (χ0n) is 17.9. The van der Waals surface area contributed by atoms with Gasteiger partial charge in [-0.2, -0.15) is 0 Å². The smallest absolute Gasteiger partial charge is 0.343 e. The van der Waals surface area contributed by atoms with Gasteiger partial charge in [-0.1, -0.05) is 6.92 Å². The van der Waals surface area contributed by atoms with Gasteiger partial charge < -0.3 is 25.5 Å². The van der Waals surface area contributed by atoms with Crippen LogP contribution in [0, 0.1) is 12.7 Å². The number of nitrogens with one attached hydrogen (secondary N) is 1. The molecule has 3 atom stereocenters. The Hall–Kier alpha value is -2.97. The van der Waals surface area contributed by atoms with E-state index in [0.29, 0.717) is 47.5 Å². The van der Waals surface area contributed by atoms with Crippen molar-refractivity contribution in [3.63, 3.8) is 0 Å². The molecule has 166 valence electrons. The maximum Gasteiger partial charge on any atom is 0.343 e. The highest BCUT2D eigenvalue weighted by molar-refractivity contribution is 5.89. The number of nitrogens with two attached hydrogens (primary N) is 1. The van der Waals surface area contributed by atoms with E-state index in [-0.39, 0.29) is 36.5 Å². The molecule has 1 aromatic heterocycles. The van der Waals surface area contributed by atoms with Crippen molar-refractivity contribution in [2.45, 2.75) is 63.9 Å². The molecule has 0 spiro atoms. The number of hydrogen-bond donors (Lipinski definition) is 3. The molecule has 1 aliphatic carbocycles. The molecular formula is C24H24FN3O4. The minimum atomic E-state index is -1.86. The summed E-state index contributed by atoms with van der Waals surface area (Å²) in [6, 6.07) is 2.65. The van der Waals surface area contributed by atoms with Crippen LogP contribution in [-0.4, -0.2) is 21.7 Å². The van der Waals surface area contributed by atoms with Gasteiger partial charge in [-0.3, -0.25) is 4.79 Å². The van der Waals surface area contributed by atoms with Gasteiger partial charge in [-0.05, 0) is 60.6 Å². The highest BCUT2D eigenvalue weighted by Crippen LogP contribution is 2.50. The topological polar surface area (TPSA) is 107 Å². The fraction of sp³-hybridized carbons (Fsp3) is 0.417. The summed E-state index contributed by atoms with van der Waals surface area (Å²) in [5.41, 5.74) is 10.9. The predicted molar refractivity (Wildman–Crippen MR) is 115 cm³/mol. The van der Waals surface area contributed by atoms with Crippen LogP contribution >= 0.6 is 0 Å². The van der Waals surface area contributed by atoms with Crippen molar-refractivity contribution in [1.82, 2.24) is 4.57 Å². The molecule has 4 N–H and O–H groups in total. The Morgan fingerprint density at radius 1 is 1.34 bits per heavy atom. The summed E-state index contributed by atoms with van der Waals surface area (Å²) in [7, 11) is 0. The van der Waals surface area contributed by atoms with E-state index in [2.05, 4.69) is 5.32 Å². The Bertz CT molecular complexity index is 1330. The molecule has 0 saturated heterocycles. The highest BCUT2D eigenvalue weighted by atomic mass is 19.1. The number of halogens is 1. The molecule has 0 saturated carbocycles. The van der Waals surface area contributed by atoms with E-state index in [4.69, 9.17) is 10.5 Å². The van der Waals surface area contributed by atoms with Crippen LogP contribution in [0.3, 0.4) is 0 Å². The van der Waals surface area contributed by atoms with Crippen molar-refractivity contribution in [2.75, 3.05) is 5.32 Å². The average Bonchev–Trinajstić information content (AvgIpc) is 3.14. The fourth-order valence-electron chi connectivity index (χ4n) is 5.88. The van der Waals surface area contributed by atoms with Crippen LogP contribution in [0.5, 0.6) is 0 Å². The molecule has 0 radical (unpaired) electrons. The lowest BCUT2D eigenvalue weighted by atomic mass is 9.75. The molecule has 8 heteroatoms. The first-order chi connectivity index (χ1) is 15.3. The predicted octanol–water partition coefficient (Wildman–Crippen LogP) is 2.16. The summed E-state index contributed by atoms with van der Waals surface area (Å²) < 4.78 is 21.5. The number of ether oxygens (including phenoxy) is 1. The maximum absolute atomic E-state index is 14.7. The van der Waals surface area contributed by atoms with Crippen molar-refractivity contribution in [2.24, 2.45) is 5.73 Å². The number of esters is 1. The molecule has 0 fully saturated rings. The summed E-state index contributed by atoms with van der Waals surface area (Å²) >= 11 is 0. The number of nitrogens with zero attached hydrogens (tertiary/aromatic N) is 1. The standard InChI is InChI=1S/C24H24FN3O4/c1-3-24(31)14-6-18-21-12(8-28(18)22(29)13(14)9-32-23(24)30)19-16(26)5-4-11-10(2)15(25)7-17(27-21)20(11)19/h6-7,16,21,27,31H,3-5,8-9,26H2,1-2H3/t16?,21?,24-/m0/s1. The van der Waals surface area contributed by atoms with E-state index in [0.717, 1.165) is 22.3 Å². The Labute approximate surface area is 183 Å². The first-order valence-corrected chi connectivity index (χ1v) is 11.0. The van der Waals surface area contributed by atoms with E-state index in [1.807, 2.05) is 0 Å². The number of carbonyl (C=O) groups is 1. The third-order valence-corrected chi connectivity index (χ3v) is 7.69. The third kappa shape index (κ3) is 2.26.